The van der Waals surface area contributed by atoms with Gasteiger partial charge in [0.25, 0.3) is 0 Å². The fourth-order valence-corrected chi connectivity index (χ4v) is 2.92. The summed E-state index contributed by atoms with van der Waals surface area (Å²) in [5, 5.41) is 3.97. The van der Waals surface area contributed by atoms with Gasteiger partial charge in [-0.2, -0.15) is 0 Å². The average molecular weight is 408 g/mol. The molecule has 0 aliphatic carbocycles. The minimum atomic E-state index is -0.186. The predicted octanol–water partition coefficient (Wildman–Crippen LogP) is 5.16. The Morgan fingerprint density at radius 2 is 2.00 bits per heavy atom. The van der Waals surface area contributed by atoms with Crippen LogP contribution in [0.15, 0.2) is 42.5 Å². The Morgan fingerprint density at radius 3 is 2.67 bits per heavy atom. The molecule has 4 nitrogen and oxygen atoms in total. The number of amides is 1. The van der Waals surface area contributed by atoms with Crippen LogP contribution in [-0.4, -0.2) is 25.7 Å². The molecule has 27 heavy (non-hydrogen) atoms. The lowest BCUT2D eigenvalue weighted by molar-refractivity contribution is -0.116. The molecule has 1 N–H and O–H groups in total. The Kier molecular flexibility index (Phi) is 8.01. The first-order valence-corrected chi connectivity index (χ1v) is 9.39. The molecule has 0 atom stereocenters. The number of rotatable bonds is 8. The molecule has 2 rings (SSSR count). The first-order chi connectivity index (χ1) is 12.9. The second-order valence-corrected chi connectivity index (χ2v) is 7.05. The lowest BCUT2D eigenvalue weighted by Crippen LogP contribution is -2.23. The van der Waals surface area contributed by atoms with E-state index in [1.54, 1.807) is 25.3 Å². The van der Waals surface area contributed by atoms with Crippen LogP contribution < -0.4 is 14.8 Å². The van der Waals surface area contributed by atoms with Crippen LogP contribution in [-0.2, 0) is 11.2 Å². The summed E-state index contributed by atoms with van der Waals surface area (Å²) in [6, 6.07) is 11.1. The van der Waals surface area contributed by atoms with Crippen molar-refractivity contribution >= 4 is 35.2 Å². The van der Waals surface area contributed by atoms with E-state index >= 15 is 0 Å². The Morgan fingerprint density at radius 1 is 1.22 bits per heavy atom. The van der Waals surface area contributed by atoms with Gasteiger partial charge in [0.1, 0.15) is 0 Å². The third-order valence-electron chi connectivity index (χ3n) is 3.63. The molecule has 6 heteroatoms. The molecule has 0 unspecified atom stereocenters. The van der Waals surface area contributed by atoms with Crippen LogP contribution in [0.25, 0.3) is 6.08 Å². The largest absolute Gasteiger partial charge is 0.493 e. The number of ether oxygens (including phenoxy) is 2. The summed E-state index contributed by atoms with van der Waals surface area (Å²) in [6.07, 6.45) is 3.83. The average Bonchev–Trinajstić information content (AvgIpc) is 2.61. The van der Waals surface area contributed by atoms with E-state index in [9.17, 15) is 4.79 Å². The zero-order valence-corrected chi connectivity index (χ0v) is 17.1. The molecule has 1 amide bonds. The molecule has 0 aliphatic heterocycles. The van der Waals surface area contributed by atoms with Gasteiger partial charge < -0.3 is 14.8 Å². The molecule has 2 aromatic carbocycles. The van der Waals surface area contributed by atoms with Crippen molar-refractivity contribution in [3.8, 4) is 11.5 Å². The van der Waals surface area contributed by atoms with Crippen LogP contribution in [0.5, 0.6) is 11.5 Å². The van der Waals surface area contributed by atoms with Crippen LogP contribution in [0.4, 0.5) is 0 Å². The molecule has 0 saturated carbocycles. The highest BCUT2D eigenvalue weighted by atomic mass is 35.5. The highest BCUT2D eigenvalue weighted by Crippen LogP contribution is 2.37. The summed E-state index contributed by atoms with van der Waals surface area (Å²) >= 11 is 12.2. The number of carbonyl (C=O) groups excluding carboxylic acids is 1. The number of hydrogen-bond donors (Lipinski definition) is 1. The quantitative estimate of drug-likeness (QED) is 0.614. The number of carbonyl (C=O) groups is 1. The van der Waals surface area contributed by atoms with Crippen molar-refractivity contribution in [2.24, 2.45) is 0 Å². The van der Waals surface area contributed by atoms with Crippen molar-refractivity contribution in [3.05, 3.63) is 63.6 Å². The Balaban J connectivity index is 1.96. The van der Waals surface area contributed by atoms with Crippen molar-refractivity contribution in [1.82, 2.24) is 5.32 Å². The van der Waals surface area contributed by atoms with E-state index < -0.39 is 0 Å². The van der Waals surface area contributed by atoms with Gasteiger partial charge in [-0.05, 0) is 61.7 Å². The monoisotopic (exact) mass is 407 g/mol. The SMILES string of the molecule is COc1cc(/C=C/C(=O)NCCc2cccc(Cl)c2)cc(Cl)c1OC(C)C. The molecule has 0 spiro atoms. The third-order valence-corrected chi connectivity index (χ3v) is 4.15. The summed E-state index contributed by atoms with van der Waals surface area (Å²) in [7, 11) is 1.55. The van der Waals surface area contributed by atoms with Gasteiger partial charge in [0.05, 0.1) is 18.2 Å². The second kappa shape index (κ2) is 10.2. The molecular weight excluding hydrogens is 385 g/mol. The maximum absolute atomic E-state index is 12.0. The van der Waals surface area contributed by atoms with Gasteiger partial charge in [-0.15, -0.1) is 0 Å². The fraction of sp³-hybridized carbons (Fsp3) is 0.286. The Bertz CT molecular complexity index is 819. The first-order valence-electron chi connectivity index (χ1n) is 8.63. The smallest absolute Gasteiger partial charge is 0.244 e. The molecule has 0 saturated heterocycles. The number of benzene rings is 2. The molecule has 0 aromatic heterocycles. The lowest BCUT2D eigenvalue weighted by Gasteiger charge is -2.15. The minimum absolute atomic E-state index is 0.0249. The van der Waals surface area contributed by atoms with Crippen molar-refractivity contribution in [2.45, 2.75) is 26.4 Å². The van der Waals surface area contributed by atoms with Gasteiger partial charge in [0.15, 0.2) is 11.5 Å². The van der Waals surface area contributed by atoms with Crippen molar-refractivity contribution in [1.29, 1.82) is 0 Å². The maximum Gasteiger partial charge on any atom is 0.244 e. The molecule has 0 heterocycles. The highest BCUT2D eigenvalue weighted by molar-refractivity contribution is 6.32. The summed E-state index contributed by atoms with van der Waals surface area (Å²) in [5.74, 6) is 0.837. The fourth-order valence-electron chi connectivity index (χ4n) is 2.44. The first kappa shape index (κ1) is 21.1. The van der Waals surface area contributed by atoms with Crippen LogP contribution in [0.1, 0.15) is 25.0 Å². The summed E-state index contributed by atoms with van der Waals surface area (Å²) in [6.45, 7) is 4.35. The topological polar surface area (TPSA) is 47.6 Å². The zero-order valence-electron chi connectivity index (χ0n) is 15.6. The van der Waals surface area contributed by atoms with Crippen LogP contribution >= 0.6 is 23.2 Å². The number of hydrogen-bond acceptors (Lipinski definition) is 3. The molecular formula is C21H23Cl2NO3. The Hall–Kier alpha value is -2.17. The van der Waals surface area contributed by atoms with E-state index in [0.717, 1.165) is 11.1 Å². The Labute approximate surface area is 170 Å². The summed E-state index contributed by atoms with van der Waals surface area (Å²) in [5.41, 5.74) is 1.82. The van der Waals surface area contributed by atoms with Gasteiger partial charge >= 0.3 is 0 Å². The van der Waals surface area contributed by atoms with E-state index in [-0.39, 0.29) is 12.0 Å². The maximum atomic E-state index is 12.0. The number of methoxy groups -OCH3 is 1. The number of halogens is 2. The van der Waals surface area contributed by atoms with Crippen molar-refractivity contribution in [3.63, 3.8) is 0 Å². The molecule has 2 aromatic rings. The highest BCUT2D eigenvalue weighted by Gasteiger charge is 2.12. The van der Waals surface area contributed by atoms with E-state index in [4.69, 9.17) is 32.7 Å². The van der Waals surface area contributed by atoms with Crippen LogP contribution in [0.2, 0.25) is 10.0 Å². The minimum Gasteiger partial charge on any atom is -0.493 e. The van der Waals surface area contributed by atoms with Crippen LogP contribution in [0, 0.1) is 0 Å². The molecule has 0 radical (unpaired) electrons. The van der Waals surface area contributed by atoms with E-state index in [1.165, 1.54) is 6.08 Å². The van der Waals surface area contributed by atoms with E-state index in [1.807, 2.05) is 38.1 Å². The van der Waals surface area contributed by atoms with E-state index in [2.05, 4.69) is 5.32 Å². The van der Waals surface area contributed by atoms with Crippen LogP contribution in [0.3, 0.4) is 0 Å². The van der Waals surface area contributed by atoms with Crippen molar-refractivity contribution < 1.29 is 14.3 Å². The van der Waals surface area contributed by atoms with Crippen molar-refractivity contribution in [2.75, 3.05) is 13.7 Å². The van der Waals surface area contributed by atoms with Gasteiger partial charge in [0.2, 0.25) is 5.91 Å². The standard InChI is InChI=1S/C21H23Cl2NO3/c1-14(2)27-21-18(23)12-16(13-19(21)26-3)7-8-20(25)24-10-9-15-5-4-6-17(22)11-15/h4-8,11-14H,9-10H2,1-3H3,(H,24,25)/b8-7+. The predicted molar refractivity (Wildman–Crippen MR) is 111 cm³/mol. The lowest BCUT2D eigenvalue weighted by atomic mass is 10.1. The van der Waals surface area contributed by atoms with Gasteiger partial charge in [-0.25, -0.2) is 0 Å². The molecule has 0 aliphatic rings. The van der Waals surface area contributed by atoms with E-state index in [0.29, 0.717) is 34.5 Å². The second-order valence-electron chi connectivity index (χ2n) is 6.20. The van der Waals surface area contributed by atoms with Gasteiger partial charge in [-0.3, -0.25) is 4.79 Å². The third kappa shape index (κ3) is 6.81. The summed E-state index contributed by atoms with van der Waals surface area (Å²) in [4.78, 5) is 12.0. The summed E-state index contributed by atoms with van der Waals surface area (Å²) < 4.78 is 11.0. The molecule has 0 bridgehead atoms. The molecule has 0 fully saturated rings. The van der Waals surface area contributed by atoms with Gasteiger partial charge in [0, 0.05) is 17.6 Å². The number of nitrogens with one attached hydrogen (secondary N) is 1. The van der Waals surface area contributed by atoms with Gasteiger partial charge in [-0.1, -0.05) is 35.3 Å². The normalized spacial score (nSPS) is 11.0. The molecule has 144 valence electrons. The zero-order chi connectivity index (χ0) is 19.8.